The molecule has 1 aliphatic rings. The molecule has 0 bridgehead atoms. The first kappa shape index (κ1) is 9.58. The molecule has 4 heteroatoms. The van der Waals surface area contributed by atoms with Crippen molar-refractivity contribution in [2.75, 3.05) is 12.9 Å². The average Bonchev–Trinajstić information content (AvgIpc) is 2.45. The zero-order valence-corrected chi connectivity index (χ0v) is 8.02. The Morgan fingerprint density at radius 2 is 2.42 bits per heavy atom. The Labute approximate surface area is 75.8 Å². The lowest BCUT2D eigenvalue weighted by atomic mass is 10.0. The van der Waals surface area contributed by atoms with Crippen LogP contribution < -0.4 is 0 Å². The van der Waals surface area contributed by atoms with Crippen molar-refractivity contribution in [1.29, 1.82) is 0 Å². The molecular weight excluding hydrogens is 176 g/mol. The lowest BCUT2D eigenvalue weighted by Crippen LogP contribution is -2.26. The van der Waals surface area contributed by atoms with Gasteiger partial charge in [-0.1, -0.05) is 6.92 Å². The van der Waals surface area contributed by atoms with Gasteiger partial charge in [0.25, 0.3) is 0 Å². The zero-order chi connectivity index (χ0) is 9.14. The van der Waals surface area contributed by atoms with Gasteiger partial charge in [0.1, 0.15) is 5.92 Å². The van der Waals surface area contributed by atoms with Crippen molar-refractivity contribution < 1.29 is 14.3 Å². The van der Waals surface area contributed by atoms with Gasteiger partial charge < -0.3 is 4.74 Å². The second kappa shape index (κ2) is 3.94. The summed E-state index contributed by atoms with van der Waals surface area (Å²) in [5.41, 5.74) is 0. The Morgan fingerprint density at radius 3 is 2.83 bits per heavy atom. The van der Waals surface area contributed by atoms with E-state index < -0.39 is 5.92 Å². The predicted octanol–water partition coefficient (Wildman–Crippen LogP) is 0.870. The number of ether oxygens (including phenoxy) is 1. The summed E-state index contributed by atoms with van der Waals surface area (Å²) in [5, 5.41) is 0.00843. The van der Waals surface area contributed by atoms with E-state index in [2.05, 4.69) is 4.74 Å². The lowest BCUT2D eigenvalue weighted by Gasteiger charge is -2.04. The third-order valence-electron chi connectivity index (χ3n) is 1.98. The summed E-state index contributed by atoms with van der Waals surface area (Å²) in [4.78, 5) is 22.4. The quantitative estimate of drug-likeness (QED) is 0.476. The van der Waals surface area contributed by atoms with Crippen molar-refractivity contribution in [2.45, 2.75) is 18.6 Å². The van der Waals surface area contributed by atoms with Gasteiger partial charge in [0.2, 0.25) is 0 Å². The fraction of sp³-hybridized carbons (Fsp3) is 0.750. The third kappa shape index (κ3) is 1.63. The molecule has 0 aromatic heterocycles. The van der Waals surface area contributed by atoms with Crippen LogP contribution in [0.4, 0.5) is 0 Å². The first-order valence-electron chi connectivity index (χ1n) is 3.93. The molecule has 1 fully saturated rings. The van der Waals surface area contributed by atoms with Crippen LogP contribution in [-0.4, -0.2) is 29.9 Å². The molecule has 1 saturated heterocycles. The van der Waals surface area contributed by atoms with E-state index in [0.717, 1.165) is 6.42 Å². The summed E-state index contributed by atoms with van der Waals surface area (Å²) in [6.07, 6.45) is 0.803. The highest BCUT2D eigenvalue weighted by Crippen LogP contribution is 2.30. The van der Waals surface area contributed by atoms with E-state index in [-0.39, 0.29) is 17.0 Å². The van der Waals surface area contributed by atoms with Gasteiger partial charge in [-0.25, -0.2) is 0 Å². The van der Waals surface area contributed by atoms with Gasteiger partial charge in [-0.2, -0.15) is 0 Å². The first-order valence-corrected chi connectivity index (χ1v) is 4.98. The number of esters is 1. The van der Waals surface area contributed by atoms with Gasteiger partial charge in [0.05, 0.1) is 12.4 Å². The summed E-state index contributed by atoms with van der Waals surface area (Å²) in [6.45, 7) is 1.95. The SMILES string of the molecule is CCC1SCC(C(=O)OC)C1=O. The minimum Gasteiger partial charge on any atom is -0.468 e. The summed E-state index contributed by atoms with van der Waals surface area (Å²) in [7, 11) is 1.32. The van der Waals surface area contributed by atoms with Crippen LogP contribution in [0.25, 0.3) is 0 Å². The van der Waals surface area contributed by atoms with Gasteiger partial charge in [-0.05, 0) is 6.42 Å². The molecule has 68 valence electrons. The highest BCUT2D eigenvalue weighted by Gasteiger charge is 2.38. The van der Waals surface area contributed by atoms with Gasteiger partial charge >= 0.3 is 5.97 Å². The monoisotopic (exact) mass is 188 g/mol. The largest absolute Gasteiger partial charge is 0.468 e. The van der Waals surface area contributed by atoms with Crippen LogP contribution in [0.1, 0.15) is 13.3 Å². The maximum Gasteiger partial charge on any atom is 0.317 e. The van der Waals surface area contributed by atoms with Crippen molar-refractivity contribution >= 4 is 23.5 Å². The zero-order valence-electron chi connectivity index (χ0n) is 7.20. The molecule has 3 nitrogen and oxygen atoms in total. The minimum atomic E-state index is -0.509. The van der Waals surface area contributed by atoms with Crippen molar-refractivity contribution in [3.63, 3.8) is 0 Å². The highest BCUT2D eigenvalue weighted by atomic mass is 32.2. The molecule has 0 radical (unpaired) electrons. The Morgan fingerprint density at radius 1 is 1.75 bits per heavy atom. The standard InChI is InChI=1S/C8H12O3S/c1-3-6-7(9)5(4-12-6)8(10)11-2/h5-6H,3-4H2,1-2H3. The normalized spacial score (nSPS) is 29.0. The molecule has 2 unspecified atom stereocenters. The molecule has 0 saturated carbocycles. The van der Waals surface area contributed by atoms with E-state index in [1.165, 1.54) is 7.11 Å². The Kier molecular flexibility index (Phi) is 3.14. The summed E-state index contributed by atoms with van der Waals surface area (Å²) in [5.74, 6) is -0.271. The van der Waals surface area contributed by atoms with Crippen molar-refractivity contribution in [2.24, 2.45) is 5.92 Å². The molecule has 0 aromatic carbocycles. The van der Waals surface area contributed by atoms with Crippen LogP contribution in [0, 0.1) is 5.92 Å². The maximum atomic E-state index is 11.4. The van der Waals surface area contributed by atoms with E-state index in [4.69, 9.17) is 0 Å². The maximum absolute atomic E-state index is 11.4. The van der Waals surface area contributed by atoms with Crippen molar-refractivity contribution in [3.8, 4) is 0 Å². The molecule has 0 spiro atoms. The molecule has 2 atom stereocenters. The van der Waals surface area contributed by atoms with Crippen molar-refractivity contribution in [1.82, 2.24) is 0 Å². The molecular formula is C8H12O3S. The van der Waals surface area contributed by atoms with Crippen LogP contribution in [0.15, 0.2) is 0 Å². The van der Waals surface area contributed by atoms with Crippen LogP contribution in [0.3, 0.4) is 0 Å². The van der Waals surface area contributed by atoms with E-state index in [9.17, 15) is 9.59 Å². The van der Waals surface area contributed by atoms with Crippen LogP contribution >= 0.6 is 11.8 Å². The molecule has 0 aromatic rings. The Bertz CT molecular complexity index is 202. The second-order valence-electron chi connectivity index (χ2n) is 2.71. The van der Waals surface area contributed by atoms with Crippen molar-refractivity contribution in [3.05, 3.63) is 0 Å². The number of hydrogen-bond acceptors (Lipinski definition) is 4. The van der Waals surface area contributed by atoms with Gasteiger partial charge in [0, 0.05) is 5.75 Å². The van der Waals surface area contributed by atoms with Gasteiger partial charge in [-0.15, -0.1) is 11.8 Å². The summed E-state index contributed by atoms with van der Waals surface area (Å²) in [6, 6.07) is 0. The number of hydrogen-bond donors (Lipinski definition) is 0. The third-order valence-corrected chi connectivity index (χ3v) is 3.48. The molecule has 0 N–H and O–H groups in total. The fourth-order valence-electron chi connectivity index (χ4n) is 1.25. The second-order valence-corrected chi connectivity index (χ2v) is 3.94. The van der Waals surface area contributed by atoms with E-state index in [1.54, 1.807) is 11.8 Å². The van der Waals surface area contributed by atoms with Gasteiger partial charge in [-0.3, -0.25) is 9.59 Å². The van der Waals surface area contributed by atoms with Crippen LogP contribution in [0.5, 0.6) is 0 Å². The summed E-state index contributed by atoms with van der Waals surface area (Å²) >= 11 is 1.55. The first-order chi connectivity index (χ1) is 5.70. The topological polar surface area (TPSA) is 43.4 Å². The molecule has 1 rings (SSSR count). The molecule has 12 heavy (non-hydrogen) atoms. The predicted molar refractivity (Wildman–Crippen MR) is 47.1 cm³/mol. The molecule has 1 aliphatic heterocycles. The number of carbonyl (C=O) groups excluding carboxylic acids is 2. The number of thioether (sulfide) groups is 1. The number of Topliss-reactive ketones (excluding diaryl/α,β-unsaturated/α-hetero) is 1. The van der Waals surface area contributed by atoms with Gasteiger partial charge in [0.15, 0.2) is 5.78 Å². The van der Waals surface area contributed by atoms with E-state index in [1.807, 2.05) is 6.92 Å². The Hall–Kier alpha value is -0.510. The molecule has 0 aliphatic carbocycles. The smallest absolute Gasteiger partial charge is 0.317 e. The van der Waals surface area contributed by atoms with Crippen LogP contribution in [0.2, 0.25) is 0 Å². The minimum absolute atomic E-state index is 0.00843. The molecule has 1 heterocycles. The van der Waals surface area contributed by atoms with E-state index in [0.29, 0.717) is 5.75 Å². The summed E-state index contributed by atoms with van der Waals surface area (Å²) < 4.78 is 4.52. The number of rotatable bonds is 2. The highest BCUT2D eigenvalue weighted by molar-refractivity contribution is 8.01. The van der Waals surface area contributed by atoms with Crippen LogP contribution in [-0.2, 0) is 14.3 Å². The lowest BCUT2D eigenvalue weighted by molar-refractivity contribution is -0.147. The number of methoxy groups -OCH3 is 1. The average molecular weight is 188 g/mol. The fourth-order valence-corrected chi connectivity index (χ4v) is 2.54. The number of ketones is 1. The Balaban J connectivity index is 2.60. The number of carbonyl (C=O) groups is 2. The molecule has 0 amide bonds. The van der Waals surface area contributed by atoms with E-state index >= 15 is 0 Å².